The second kappa shape index (κ2) is 13.8. The van der Waals surface area contributed by atoms with Crippen molar-refractivity contribution in [1.29, 1.82) is 0 Å². The molecule has 0 atom stereocenters. The van der Waals surface area contributed by atoms with Crippen LogP contribution in [0.4, 0.5) is 0 Å². The summed E-state index contributed by atoms with van der Waals surface area (Å²) in [6, 6.07) is 0. The van der Waals surface area contributed by atoms with Crippen LogP contribution in [0.2, 0.25) is 0 Å². The highest BCUT2D eigenvalue weighted by Crippen LogP contribution is 2.11. The summed E-state index contributed by atoms with van der Waals surface area (Å²) in [4.78, 5) is 6.77. The van der Waals surface area contributed by atoms with Gasteiger partial charge in [-0.15, -0.1) is 0 Å². The summed E-state index contributed by atoms with van der Waals surface area (Å²) in [6.07, 6.45) is 19.0. The summed E-state index contributed by atoms with van der Waals surface area (Å²) in [5.74, 6) is 1.21. The normalized spacial score (nSPS) is 15.0. The van der Waals surface area contributed by atoms with E-state index in [9.17, 15) is 0 Å². The smallest absolute Gasteiger partial charge is 0.0991 e. The van der Waals surface area contributed by atoms with Crippen LogP contribution in [0.1, 0.15) is 77.6 Å². The van der Waals surface area contributed by atoms with E-state index >= 15 is 0 Å². The number of aliphatic imine (C=N–C) groups is 1. The van der Waals surface area contributed by atoms with Gasteiger partial charge in [0.05, 0.1) is 19.0 Å². The molecular formula is C19H36N2O. The lowest BCUT2D eigenvalue weighted by atomic mass is 10.1. The van der Waals surface area contributed by atoms with Crippen LogP contribution in [0, 0.1) is 0 Å². The number of β-amino-alcohol motifs (C(OH)–C–C–N with tert-alkyl or cyclic N) is 1. The highest BCUT2D eigenvalue weighted by Gasteiger charge is 2.14. The van der Waals surface area contributed by atoms with Gasteiger partial charge in [-0.2, -0.15) is 0 Å². The number of nitrogens with zero attached hydrogens (tertiary/aromatic N) is 2. The molecule has 0 aromatic rings. The SMILES string of the molecule is CCCCCCCC/C=C/CCCCC1=NCCN1CCO. The van der Waals surface area contributed by atoms with Crippen molar-refractivity contribution in [1.82, 2.24) is 4.90 Å². The quantitative estimate of drug-likeness (QED) is 0.377. The average molecular weight is 309 g/mol. The highest BCUT2D eigenvalue weighted by molar-refractivity contribution is 5.83. The van der Waals surface area contributed by atoms with Gasteiger partial charge in [-0.05, 0) is 32.1 Å². The Hall–Kier alpha value is -0.830. The number of hydrogen-bond donors (Lipinski definition) is 1. The third-order valence-corrected chi connectivity index (χ3v) is 4.31. The summed E-state index contributed by atoms with van der Waals surface area (Å²) in [5, 5.41) is 9.01. The third kappa shape index (κ3) is 9.24. The average Bonchev–Trinajstić information content (AvgIpc) is 2.96. The Bertz CT molecular complexity index is 313. The van der Waals surface area contributed by atoms with E-state index in [1.807, 2.05) is 0 Å². The molecule has 22 heavy (non-hydrogen) atoms. The van der Waals surface area contributed by atoms with Crippen molar-refractivity contribution >= 4 is 5.84 Å². The molecule has 0 bridgehead atoms. The van der Waals surface area contributed by atoms with Gasteiger partial charge in [0.15, 0.2) is 0 Å². The lowest BCUT2D eigenvalue weighted by Gasteiger charge is -2.18. The van der Waals surface area contributed by atoms with Crippen LogP contribution in [0.25, 0.3) is 0 Å². The second-order valence-electron chi connectivity index (χ2n) is 6.28. The maximum absolute atomic E-state index is 9.01. The summed E-state index contributed by atoms with van der Waals surface area (Å²) < 4.78 is 0. The molecule has 128 valence electrons. The number of amidine groups is 1. The van der Waals surface area contributed by atoms with E-state index in [-0.39, 0.29) is 6.61 Å². The summed E-state index contributed by atoms with van der Waals surface area (Å²) in [7, 11) is 0. The predicted molar refractivity (Wildman–Crippen MR) is 96.6 cm³/mol. The number of aliphatic hydroxyl groups excluding tert-OH is 1. The monoisotopic (exact) mass is 308 g/mol. The number of hydrogen-bond acceptors (Lipinski definition) is 3. The van der Waals surface area contributed by atoms with Crippen molar-refractivity contribution < 1.29 is 5.11 Å². The highest BCUT2D eigenvalue weighted by atomic mass is 16.3. The van der Waals surface area contributed by atoms with Crippen LogP contribution < -0.4 is 0 Å². The van der Waals surface area contributed by atoms with Gasteiger partial charge in [-0.1, -0.05) is 51.2 Å². The largest absolute Gasteiger partial charge is 0.395 e. The first-order valence-corrected chi connectivity index (χ1v) is 9.42. The minimum absolute atomic E-state index is 0.236. The standard InChI is InChI=1S/C19H36N2O/c1-2-3-4-5-6-7-8-9-10-11-12-13-14-19-20-15-16-21(19)17-18-22/h9-10,22H,2-8,11-18H2,1H3/b10-9+. The Labute approximate surface area is 137 Å². The minimum Gasteiger partial charge on any atom is -0.395 e. The van der Waals surface area contributed by atoms with Gasteiger partial charge in [-0.25, -0.2) is 0 Å². The van der Waals surface area contributed by atoms with Crippen molar-refractivity contribution in [2.45, 2.75) is 77.6 Å². The number of rotatable bonds is 14. The summed E-state index contributed by atoms with van der Waals surface area (Å²) >= 11 is 0. The van der Waals surface area contributed by atoms with E-state index in [0.29, 0.717) is 0 Å². The fourth-order valence-corrected chi connectivity index (χ4v) is 2.95. The van der Waals surface area contributed by atoms with Crippen LogP contribution in [0.3, 0.4) is 0 Å². The van der Waals surface area contributed by atoms with Crippen molar-refractivity contribution in [3.8, 4) is 0 Å². The van der Waals surface area contributed by atoms with Gasteiger partial charge in [0, 0.05) is 19.5 Å². The van der Waals surface area contributed by atoms with E-state index in [1.54, 1.807) is 0 Å². The van der Waals surface area contributed by atoms with Gasteiger partial charge in [0.1, 0.15) is 0 Å². The zero-order valence-corrected chi connectivity index (χ0v) is 14.6. The molecule has 1 N–H and O–H groups in total. The predicted octanol–water partition coefficient (Wildman–Crippen LogP) is 4.56. The topological polar surface area (TPSA) is 35.8 Å². The molecule has 0 aromatic carbocycles. The first-order chi connectivity index (χ1) is 10.9. The van der Waals surface area contributed by atoms with E-state index in [1.165, 1.54) is 70.0 Å². The first kappa shape index (κ1) is 19.2. The van der Waals surface area contributed by atoms with Crippen molar-refractivity contribution in [3.05, 3.63) is 12.2 Å². The third-order valence-electron chi connectivity index (χ3n) is 4.31. The van der Waals surface area contributed by atoms with Gasteiger partial charge < -0.3 is 10.0 Å². The Morgan fingerprint density at radius 2 is 1.68 bits per heavy atom. The molecule has 0 saturated carbocycles. The number of unbranched alkanes of at least 4 members (excludes halogenated alkanes) is 8. The van der Waals surface area contributed by atoms with E-state index < -0.39 is 0 Å². The lowest BCUT2D eigenvalue weighted by molar-refractivity contribution is 0.255. The van der Waals surface area contributed by atoms with Crippen LogP contribution in [0.5, 0.6) is 0 Å². The maximum atomic E-state index is 9.01. The van der Waals surface area contributed by atoms with Crippen molar-refractivity contribution in [2.75, 3.05) is 26.2 Å². The molecule has 1 rings (SSSR count). The van der Waals surface area contributed by atoms with E-state index in [2.05, 4.69) is 29.0 Å². The molecule has 0 radical (unpaired) electrons. The fourth-order valence-electron chi connectivity index (χ4n) is 2.95. The molecule has 0 unspecified atom stereocenters. The first-order valence-electron chi connectivity index (χ1n) is 9.42. The van der Waals surface area contributed by atoms with Crippen LogP contribution in [0.15, 0.2) is 17.1 Å². The Morgan fingerprint density at radius 1 is 1.00 bits per heavy atom. The Balaban J connectivity index is 1.89. The van der Waals surface area contributed by atoms with Gasteiger partial charge in [-0.3, -0.25) is 4.99 Å². The zero-order valence-electron chi connectivity index (χ0n) is 14.6. The zero-order chi connectivity index (χ0) is 15.9. The molecule has 0 saturated heterocycles. The number of aliphatic hydroxyl groups is 1. The maximum Gasteiger partial charge on any atom is 0.0991 e. The molecule has 1 aliphatic heterocycles. The summed E-state index contributed by atoms with van der Waals surface area (Å²) in [5.41, 5.74) is 0. The molecule has 0 fully saturated rings. The van der Waals surface area contributed by atoms with E-state index in [4.69, 9.17) is 5.11 Å². The lowest BCUT2D eigenvalue weighted by Crippen LogP contribution is -2.30. The van der Waals surface area contributed by atoms with Crippen molar-refractivity contribution in [2.24, 2.45) is 4.99 Å². The second-order valence-corrected chi connectivity index (χ2v) is 6.28. The molecule has 3 heteroatoms. The van der Waals surface area contributed by atoms with Gasteiger partial charge in [0.25, 0.3) is 0 Å². The molecule has 3 nitrogen and oxygen atoms in total. The summed E-state index contributed by atoms with van der Waals surface area (Å²) in [6.45, 7) is 5.16. The van der Waals surface area contributed by atoms with E-state index in [0.717, 1.165) is 26.1 Å². The number of allylic oxidation sites excluding steroid dienone is 2. The van der Waals surface area contributed by atoms with Crippen molar-refractivity contribution in [3.63, 3.8) is 0 Å². The molecular weight excluding hydrogens is 272 g/mol. The van der Waals surface area contributed by atoms with Crippen LogP contribution >= 0.6 is 0 Å². The molecule has 0 aromatic heterocycles. The minimum atomic E-state index is 0.236. The van der Waals surface area contributed by atoms with Gasteiger partial charge >= 0.3 is 0 Å². The van der Waals surface area contributed by atoms with Crippen LogP contribution in [-0.4, -0.2) is 42.1 Å². The molecule has 1 heterocycles. The Kier molecular flexibility index (Phi) is 12.1. The molecule has 0 amide bonds. The van der Waals surface area contributed by atoms with Gasteiger partial charge in [0.2, 0.25) is 0 Å². The van der Waals surface area contributed by atoms with Crippen LogP contribution in [-0.2, 0) is 0 Å². The Morgan fingerprint density at radius 3 is 2.41 bits per heavy atom. The fraction of sp³-hybridized carbons (Fsp3) is 0.842. The molecule has 1 aliphatic rings. The molecule has 0 spiro atoms. The molecule has 0 aliphatic carbocycles.